The molecule has 0 bridgehead atoms. The lowest BCUT2D eigenvalue weighted by atomic mass is 10.1. The van der Waals surface area contributed by atoms with E-state index in [2.05, 4.69) is 4.98 Å². The maximum atomic E-state index is 10.5. The summed E-state index contributed by atoms with van der Waals surface area (Å²) in [5, 5.41) is 8.67. The quantitative estimate of drug-likeness (QED) is 0.714. The molecular weight excluding hydrogens is 154 g/mol. The first kappa shape index (κ1) is 7.28. The van der Waals surface area contributed by atoms with Gasteiger partial charge in [-0.2, -0.15) is 0 Å². The lowest BCUT2D eigenvalue weighted by molar-refractivity contribution is -0.138. The average molecular weight is 163 g/mol. The topological polar surface area (TPSA) is 50.2 Å². The number of carbonyl (C=O) groups is 1. The normalized spacial score (nSPS) is 26.7. The van der Waals surface area contributed by atoms with Gasteiger partial charge in [-0.3, -0.25) is 9.78 Å². The summed E-state index contributed by atoms with van der Waals surface area (Å²) >= 11 is 0. The van der Waals surface area contributed by atoms with Crippen LogP contribution in [0.15, 0.2) is 24.5 Å². The Labute approximate surface area is 70.1 Å². The SMILES string of the molecule is O=C(O)[C@H]1C[C@H]1c1ccncc1. The third-order valence-corrected chi connectivity index (χ3v) is 2.24. The Morgan fingerprint density at radius 3 is 2.67 bits per heavy atom. The van der Waals surface area contributed by atoms with Gasteiger partial charge in [0.1, 0.15) is 0 Å². The van der Waals surface area contributed by atoms with E-state index in [0.717, 1.165) is 12.0 Å². The molecule has 1 aliphatic carbocycles. The van der Waals surface area contributed by atoms with Crippen LogP contribution in [0.1, 0.15) is 17.9 Å². The minimum Gasteiger partial charge on any atom is -0.481 e. The van der Waals surface area contributed by atoms with Crippen LogP contribution in [-0.2, 0) is 4.79 Å². The summed E-state index contributed by atoms with van der Waals surface area (Å²) in [5.74, 6) is -0.616. The Balaban J connectivity index is 2.11. The zero-order valence-corrected chi connectivity index (χ0v) is 6.47. The molecular formula is C9H9NO2. The number of carboxylic acids is 1. The molecule has 1 heterocycles. The number of aliphatic carboxylic acids is 1. The Hall–Kier alpha value is -1.38. The highest BCUT2D eigenvalue weighted by Crippen LogP contribution is 2.47. The summed E-state index contributed by atoms with van der Waals surface area (Å²) in [6, 6.07) is 3.77. The number of hydrogen-bond donors (Lipinski definition) is 1. The molecule has 0 amide bonds. The molecule has 2 atom stereocenters. The Morgan fingerprint density at radius 2 is 2.17 bits per heavy atom. The Bertz CT molecular complexity index is 297. The van der Waals surface area contributed by atoms with Crippen molar-refractivity contribution in [3.8, 4) is 0 Å². The van der Waals surface area contributed by atoms with Crippen LogP contribution < -0.4 is 0 Å². The lowest BCUT2D eigenvalue weighted by Gasteiger charge is -1.95. The number of pyridine rings is 1. The molecule has 0 spiro atoms. The molecule has 0 saturated heterocycles. The highest BCUT2D eigenvalue weighted by Gasteiger charge is 2.43. The smallest absolute Gasteiger partial charge is 0.307 e. The van der Waals surface area contributed by atoms with E-state index >= 15 is 0 Å². The van der Waals surface area contributed by atoms with E-state index < -0.39 is 5.97 Å². The molecule has 1 fully saturated rings. The molecule has 1 N–H and O–H groups in total. The van der Waals surface area contributed by atoms with Crippen molar-refractivity contribution < 1.29 is 9.90 Å². The fraction of sp³-hybridized carbons (Fsp3) is 0.333. The number of nitrogens with zero attached hydrogens (tertiary/aromatic N) is 1. The van der Waals surface area contributed by atoms with Gasteiger partial charge in [-0.15, -0.1) is 0 Å². The van der Waals surface area contributed by atoms with E-state index in [1.165, 1.54) is 0 Å². The minimum atomic E-state index is -0.684. The molecule has 0 unspecified atom stereocenters. The van der Waals surface area contributed by atoms with Gasteiger partial charge < -0.3 is 5.11 Å². The Morgan fingerprint density at radius 1 is 1.50 bits per heavy atom. The fourth-order valence-corrected chi connectivity index (χ4v) is 1.45. The monoisotopic (exact) mass is 163 g/mol. The number of rotatable bonds is 2. The van der Waals surface area contributed by atoms with Crippen LogP contribution >= 0.6 is 0 Å². The van der Waals surface area contributed by atoms with Gasteiger partial charge in [0.15, 0.2) is 0 Å². The first-order chi connectivity index (χ1) is 5.79. The lowest BCUT2D eigenvalue weighted by Crippen LogP contribution is -1.98. The molecule has 3 heteroatoms. The summed E-state index contributed by atoms with van der Waals surface area (Å²) < 4.78 is 0. The van der Waals surface area contributed by atoms with Gasteiger partial charge in [-0.1, -0.05) is 0 Å². The third kappa shape index (κ3) is 1.18. The average Bonchev–Trinajstić information content (AvgIpc) is 2.84. The van der Waals surface area contributed by atoms with Crippen molar-refractivity contribution >= 4 is 5.97 Å². The second-order valence-electron chi connectivity index (χ2n) is 3.07. The predicted octanol–water partition coefficient (Wildman–Crippen LogP) is 1.27. The summed E-state index contributed by atoms with van der Waals surface area (Å²) in [4.78, 5) is 14.4. The molecule has 62 valence electrons. The van der Waals surface area contributed by atoms with Crippen molar-refractivity contribution in [2.75, 3.05) is 0 Å². The van der Waals surface area contributed by atoms with Crippen LogP contribution in [0.5, 0.6) is 0 Å². The molecule has 1 saturated carbocycles. The standard InChI is InChI=1S/C9H9NO2/c11-9(12)8-5-7(8)6-1-3-10-4-2-6/h1-4,7-8H,5H2,(H,11,12)/t7-,8-/m0/s1. The van der Waals surface area contributed by atoms with Crippen LogP contribution in [0.4, 0.5) is 0 Å². The molecule has 0 aromatic carbocycles. The zero-order valence-electron chi connectivity index (χ0n) is 6.47. The van der Waals surface area contributed by atoms with E-state index in [1.54, 1.807) is 12.4 Å². The van der Waals surface area contributed by atoms with Gasteiger partial charge in [0.2, 0.25) is 0 Å². The second kappa shape index (κ2) is 2.59. The first-order valence-corrected chi connectivity index (χ1v) is 3.92. The van der Waals surface area contributed by atoms with Gasteiger partial charge in [-0.05, 0) is 30.0 Å². The number of aromatic nitrogens is 1. The molecule has 0 radical (unpaired) electrons. The highest BCUT2D eigenvalue weighted by atomic mass is 16.4. The number of hydrogen-bond acceptors (Lipinski definition) is 2. The Kier molecular flexibility index (Phi) is 1.57. The van der Waals surface area contributed by atoms with Gasteiger partial charge in [-0.25, -0.2) is 0 Å². The van der Waals surface area contributed by atoms with Crippen molar-refractivity contribution in [1.29, 1.82) is 0 Å². The van der Waals surface area contributed by atoms with Gasteiger partial charge in [0.05, 0.1) is 5.92 Å². The zero-order chi connectivity index (χ0) is 8.55. The van der Waals surface area contributed by atoms with Crippen molar-refractivity contribution in [3.05, 3.63) is 30.1 Å². The fourth-order valence-electron chi connectivity index (χ4n) is 1.45. The number of carboxylic acid groups (broad SMARTS) is 1. The van der Waals surface area contributed by atoms with Crippen LogP contribution in [0.2, 0.25) is 0 Å². The summed E-state index contributed by atoms with van der Waals surface area (Å²) in [7, 11) is 0. The molecule has 1 aromatic heterocycles. The maximum Gasteiger partial charge on any atom is 0.307 e. The van der Waals surface area contributed by atoms with Gasteiger partial charge >= 0.3 is 5.97 Å². The van der Waals surface area contributed by atoms with Crippen molar-refractivity contribution in [1.82, 2.24) is 4.98 Å². The molecule has 3 nitrogen and oxygen atoms in total. The van der Waals surface area contributed by atoms with Gasteiger partial charge in [0, 0.05) is 12.4 Å². The summed E-state index contributed by atoms with van der Waals surface area (Å²) in [5.41, 5.74) is 1.09. The van der Waals surface area contributed by atoms with Crippen molar-refractivity contribution in [3.63, 3.8) is 0 Å². The van der Waals surface area contributed by atoms with Crippen LogP contribution in [0.3, 0.4) is 0 Å². The minimum absolute atomic E-state index is 0.160. The third-order valence-electron chi connectivity index (χ3n) is 2.24. The first-order valence-electron chi connectivity index (χ1n) is 3.92. The van der Waals surface area contributed by atoms with Crippen LogP contribution in [0.25, 0.3) is 0 Å². The molecule has 1 aromatic rings. The van der Waals surface area contributed by atoms with Crippen LogP contribution in [-0.4, -0.2) is 16.1 Å². The van der Waals surface area contributed by atoms with Gasteiger partial charge in [0.25, 0.3) is 0 Å². The van der Waals surface area contributed by atoms with E-state index in [-0.39, 0.29) is 11.8 Å². The van der Waals surface area contributed by atoms with Crippen molar-refractivity contribution in [2.24, 2.45) is 5.92 Å². The van der Waals surface area contributed by atoms with Crippen LogP contribution in [0, 0.1) is 5.92 Å². The second-order valence-corrected chi connectivity index (χ2v) is 3.07. The maximum absolute atomic E-state index is 10.5. The van der Waals surface area contributed by atoms with Crippen molar-refractivity contribution in [2.45, 2.75) is 12.3 Å². The van der Waals surface area contributed by atoms with E-state index in [9.17, 15) is 4.79 Å². The molecule has 0 aliphatic heterocycles. The summed E-state index contributed by atoms with van der Waals surface area (Å²) in [6.45, 7) is 0. The van der Waals surface area contributed by atoms with E-state index in [1.807, 2.05) is 12.1 Å². The largest absolute Gasteiger partial charge is 0.481 e. The molecule has 12 heavy (non-hydrogen) atoms. The van der Waals surface area contributed by atoms with E-state index in [4.69, 9.17) is 5.11 Å². The molecule has 2 rings (SSSR count). The predicted molar refractivity (Wildman–Crippen MR) is 42.7 cm³/mol. The molecule has 1 aliphatic rings. The summed E-state index contributed by atoms with van der Waals surface area (Å²) in [6.07, 6.45) is 4.18. The van der Waals surface area contributed by atoms with E-state index in [0.29, 0.717) is 0 Å². The highest BCUT2D eigenvalue weighted by molar-refractivity contribution is 5.75.